The fourth-order valence-electron chi connectivity index (χ4n) is 0.962. The normalized spacial score (nSPS) is 10.8. The van der Waals surface area contributed by atoms with Gasteiger partial charge in [0, 0.05) is 6.20 Å². The van der Waals surface area contributed by atoms with E-state index in [-0.39, 0.29) is 12.2 Å². The molecule has 0 atom stereocenters. The van der Waals surface area contributed by atoms with E-state index < -0.39 is 11.6 Å². The van der Waals surface area contributed by atoms with E-state index in [2.05, 4.69) is 9.97 Å². The van der Waals surface area contributed by atoms with Crippen LogP contribution in [0.15, 0.2) is 6.20 Å². The minimum Gasteiger partial charge on any atom is -0.454 e. The number of aromatic amines is 1. The summed E-state index contributed by atoms with van der Waals surface area (Å²) < 4.78 is 5.10. The Kier molecular flexibility index (Phi) is 3.10. The van der Waals surface area contributed by atoms with Crippen LogP contribution in [0, 0.1) is 11.3 Å². The first-order chi connectivity index (χ1) is 6.92. The van der Waals surface area contributed by atoms with E-state index >= 15 is 0 Å². The Hall–Kier alpha value is -1.83. The topological polar surface area (TPSA) is 78.8 Å². The minimum absolute atomic E-state index is 0.134. The molecule has 0 radical (unpaired) electrons. The minimum atomic E-state index is -0.542. The van der Waals surface area contributed by atoms with E-state index in [1.807, 2.05) is 6.07 Å². The van der Waals surface area contributed by atoms with Gasteiger partial charge in [-0.15, -0.1) is 0 Å². The molecule has 5 heteroatoms. The van der Waals surface area contributed by atoms with Crippen LogP contribution in [0.4, 0.5) is 0 Å². The van der Waals surface area contributed by atoms with Crippen molar-refractivity contribution in [2.75, 3.05) is 0 Å². The molecular formula is C10H13N3O2. The lowest BCUT2D eigenvalue weighted by Gasteiger charge is -2.18. The fourth-order valence-corrected chi connectivity index (χ4v) is 0.962. The lowest BCUT2D eigenvalue weighted by molar-refractivity contribution is 0.00567. The number of aromatic nitrogens is 2. The highest BCUT2D eigenvalue weighted by molar-refractivity contribution is 5.85. The smallest absolute Gasteiger partial charge is 0.374 e. The van der Waals surface area contributed by atoms with Gasteiger partial charge in [0.05, 0.1) is 18.2 Å². The molecule has 0 spiro atoms. The summed E-state index contributed by atoms with van der Waals surface area (Å²) in [7, 11) is 0. The molecule has 5 nitrogen and oxygen atoms in total. The highest BCUT2D eigenvalue weighted by Gasteiger charge is 2.20. The summed E-state index contributed by atoms with van der Waals surface area (Å²) in [5.74, 6) is -0.373. The van der Waals surface area contributed by atoms with Crippen LogP contribution in [0.1, 0.15) is 37.1 Å². The molecule has 0 aliphatic carbocycles. The number of H-pyrrole nitrogens is 1. The molecule has 0 amide bonds. The molecule has 80 valence electrons. The third kappa shape index (κ3) is 3.43. The van der Waals surface area contributed by atoms with Gasteiger partial charge in [-0.25, -0.2) is 9.78 Å². The average Bonchev–Trinajstić information content (AvgIpc) is 2.50. The molecule has 0 fully saturated rings. The third-order valence-electron chi connectivity index (χ3n) is 1.48. The second-order valence-electron chi connectivity index (χ2n) is 4.08. The SMILES string of the molecule is CC(C)(C)OC(=O)c1nc(CC#N)c[nH]1. The predicted octanol–water partition coefficient (Wildman–Crippen LogP) is 1.43. The first-order valence-corrected chi connectivity index (χ1v) is 4.57. The molecule has 1 N–H and O–H groups in total. The maximum absolute atomic E-state index is 11.5. The van der Waals surface area contributed by atoms with Crippen molar-refractivity contribution in [1.82, 2.24) is 9.97 Å². The Labute approximate surface area is 88.1 Å². The number of nitriles is 1. The molecule has 0 unspecified atom stereocenters. The molecule has 1 aromatic heterocycles. The monoisotopic (exact) mass is 207 g/mol. The lowest BCUT2D eigenvalue weighted by Crippen LogP contribution is -2.24. The fraction of sp³-hybridized carbons (Fsp3) is 0.500. The predicted molar refractivity (Wildman–Crippen MR) is 53.1 cm³/mol. The first kappa shape index (κ1) is 11.2. The van der Waals surface area contributed by atoms with E-state index in [1.54, 1.807) is 20.8 Å². The molecule has 0 aromatic carbocycles. The van der Waals surface area contributed by atoms with E-state index in [4.69, 9.17) is 10.00 Å². The largest absolute Gasteiger partial charge is 0.454 e. The zero-order valence-electron chi connectivity index (χ0n) is 9.00. The molecule has 0 bridgehead atoms. The second-order valence-corrected chi connectivity index (χ2v) is 4.08. The van der Waals surface area contributed by atoms with Crippen molar-refractivity contribution in [3.8, 4) is 6.07 Å². The quantitative estimate of drug-likeness (QED) is 0.744. The molecule has 0 aliphatic heterocycles. The van der Waals surface area contributed by atoms with E-state index in [1.165, 1.54) is 6.20 Å². The Morgan fingerprint density at radius 1 is 1.67 bits per heavy atom. The molecule has 1 heterocycles. The van der Waals surface area contributed by atoms with Crippen molar-refractivity contribution in [2.45, 2.75) is 32.8 Å². The van der Waals surface area contributed by atoms with Crippen LogP contribution in [0.2, 0.25) is 0 Å². The average molecular weight is 207 g/mol. The Bertz CT molecular complexity index is 396. The second kappa shape index (κ2) is 4.13. The summed E-state index contributed by atoms with van der Waals surface area (Å²) in [6.07, 6.45) is 1.71. The number of ether oxygens (including phenoxy) is 1. The number of nitrogens with one attached hydrogen (secondary N) is 1. The number of rotatable bonds is 2. The van der Waals surface area contributed by atoms with Crippen LogP contribution in [-0.4, -0.2) is 21.5 Å². The highest BCUT2D eigenvalue weighted by Crippen LogP contribution is 2.10. The number of carbonyl (C=O) groups is 1. The van der Waals surface area contributed by atoms with Crippen LogP contribution in [0.3, 0.4) is 0 Å². The van der Waals surface area contributed by atoms with Gasteiger partial charge in [0.15, 0.2) is 0 Å². The first-order valence-electron chi connectivity index (χ1n) is 4.57. The lowest BCUT2D eigenvalue weighted by atomic mass is 10.2. The molecule has 15 heavy (non-hydrogen) atoms. The Balaban J connectivity index is 2.71. The van der Waals surface area contributed by atoms with Gasteiger partial charge in [-0.05, 0) is 20.8 Å². The molecule has 0 saturated carbocycles. The molecule has 1 aromatic rings. The standard InChI is InChI=1S/C10H13N3O2/c1-10(2,3)15-9(14)8-12-6-7(13-8)4-5-11/h6H,4H2,1-3H3,(H,12,13). The summed E-state index contributed by atoms with van der Waals surface area (Å²) in [5.41, 5.74) is -0.00225. The number of imidazole rings is 1. The van der Waals surface area contributed by atoms with Crippen LogP contribution >= 0.6 is 0 Å². The van der Waals surface area contributed by atoms with Gasteiger partial charge in [0.2, 0.25) is 5.82 Å². The third-order valence-corrected chi connectivity index (χ3v) is 1.48. The summed E-state index contributed by atoms with van der Waals surface area (Å²) >= 11 is 0. The molecule has 0 aliphatic rings. The van der Waals surface area contributed by atoms with Crippen LogP contribution < -0.4 is 0 Å². The van der Waals surface area contributed by atoms with E-state index in [9.17, 15) is 4.79 Å². The summed E-state index contributed by atoms with van der Waals surface area (Å²) in [6, 6.07) is 1.95. The zero-order chi connectivity index (χ0) is 11.5. The Morgan fingerprint density at radius 2 is 2.33 bits per heavy atom. The van der Waals surface area contributed by atoms with Gasteiger partial charge in [0.25, 0.3) is 0 Å². The van der Waals surface area contributed by atoms with Crippen molar-refractivity contribution in [3.63, 3.8) is 0 Å². The maximum Gasteiger partial charge on any atom is 0.374 e. The zero-order valence-corrected chi connectivity index (χ0v) is 9.00. The number of nitrogens with zero attached hydrogens (tertiary/aromatic N) is 2. The van der Waals surface area contributed by atoms with Crippen molar-refractivity contribution in [1.29, 1.82) is 5.26 Å². The van der Waals surface area contributed by atoms with Crippen LogP contribution in [0.5, 0.6) is 0 Å². The van der Waals surface area contributed by atoms with Crippen LogP contribution in [-0.2, 0) is 11.2 Å². The Morgan fingerprint density at radius 3 is 2.87 bits per heavy atom. The molecule has 1 rings (SSSR count). The van der Waals surface area contributed by atoms with Crippen molar-refractivity contribution >= 4 is 5.97 Å². The van der Waals surface area contributed by atoms with E-state index in [0.29, 0.717) is 5.69 Å². The van der Waals surface area contributed by atoms with Gasteiger partial charge in [0.1, 0.15) is 5.60 Å². The van der Waals surface area contributed by atoms with Crippen molar-refractivity contribution in [3.05, 3.63) is 17.7 Å². The summed E-state index contributed by atoms with van der Waals surface area (Å²) in [5, 5.41) is 8.43. The maximum atomic E-state index is 11.5. The van der Waals surface area contributed by atoms with Crippen molar-refractivity contribution in [2.24, 2.45) is 0 Å². The van der Waals surface area contributed by atoms with Gasteiger partial charge in [-0.3, -0.25) is 0 Å². The number of esters is 1. The molecule has 0 saturated heterocycles. The van der Waals surface area contributed by atoms with Gasteiger partial charge >= 0.3 is 5.97 Å². The molecular weight excluding hydrogens is 194 g/mol. The van der Waals surface area contributed by atoms with Gasteiger partial charge in [-0.2, -0.15) is 5.26 Å². The number of hydrogen-bond donors (Lipinski definition) is 1. The van der Waals surface area contributed by atoms with Crippen LogP contribution in [0.25, 0.3) is 0 Å². The van der Waals surface area contributed by atoms with Crippen molar-refractivity contribution < 1.29 is 9.53 Å². The summed E-state index contributed by atoms with van der Waals surface area (Å²) in [4.78, 5) is 18.1. The summed E-state index contributed by atoms with van der Waals surface area (Å²) in [6.45, 7) is 5.35. The van der Waals surface area contributed by atoms with E-state index in [0.717, 1.165) is 0 Å². The van der Waals surface area contributed by atoms with Gasteiger partial charge < -0.3 is 9.72 Å². The number of hydrogen-bond acceptors (Lipinski definition) is 4. The van der Waals surface area contributed by atoms with Gasteiger partial charge in [-0.1, -0.05) is 0 Å². The highest BCUT2D eigenvalue weighted by atomic mass is 16.6. The number of carbonyl (C=O) groups excluding carboxylic acids is 1.